The minimum atomic E-state index is -0.115. The Labute approximate surface area is 161 Å². The highest BCUT2D eigenvalue weighted by Crippen LogP contribution is 2.15. The van der Waals surface area contributed by atoms with E-state index in [2.05, 4.69) is 38.5 Å². The van der Waals surface area contributed by atoms with Gasteiger partial charge < -0.3 is 16.0 Å². The van der Waals surface area contributed by atoms with Gasteiger partial charge in [0.1, 0.15) is 0 Å². The van der Waals surface area contributed by atoms with Gasteiger partial charge >= 0.3 is 0 Å². The van der Waals surface area contributed by atoms with Crippen LogP contribution < -0.4 is 16.0 Å². The van der Waals surface area contributed by atoms with Gasteiger partial charge in [-0.3, -0.25) is 9.59 Å². The predicted octanol–water partition coefficient (Wildman–Crippen LogP) is 4.33. The molecule has 0 aliphatic heterocycles. The first-order valence-electron chi connectivity index (χ1n) is 8.11. The second-order valence-electron chi connectivity index (χ2n) is 6.13. The molecule has 0 aromatic heterocycles. The molecule has 0 aliphatic carbocycles. The lowest BCUT2D eigenvalue weighted by molar-refractivity contribution is -0.117. The van der Waals surface area contributed by atoms with Gasteiger partial charge in [0.05, 0.1) is 6.54 Å². The van der Waals surface area contributed by atoms with Crippen LogP contribution in [0.1, 0.15) is 20.3 Å². The van der Waals surface area contributed by atoms with Crippen LogP contribution in [0.3, 0.4) is 0 Å². The van der Waals surface area contributed by atoms with Gasteiger partial charge in [0.15, 0.2) is 0 Å². The molecule has 25 heavy (non-hydrogen) atoms. The van der Waals surface area contributed by atoms with Crippen LogP contribution in [0.5, 0.6) is 0 Å². The van der Waals surface area contributed by atoms with Crippen molar-refractivity contribution >= 4 is 51.5 Å². The van der Waals surface area contributed by atoms with Gasteiger partial charge in [-0.2, -0.15) is 0 Å². The number of amides is 2. The van der Waals surface area contributed by atoms with Crippen molar-refractivity contribution in [3.8, 4) is 0 Å². The molecule has 0 spiro atoms. The Morgan fingerprint density at radius 1 is 0.840 bits per heavy atom. The van der Waals surface area contributed by atoms with Gasteiger partial charge in [-0.1, -0.05) is 13.8 Å². The third-order valence-corrected chi connectivity index (χ3v) is 4.06. The van der Waals surface area contributed by atoms with E-state index in [1.165, 1.54) is 0 Å². The molecule has 6 heteroatoms. The fraction of sp³-hybridized carbons (Fsp3) is 0.263. The van der Waals surface area contributed by atoms with E-state index in [0.29, 0.717) is 12.3 Å². The lowest BCUT2D eigenvalue weighted by Gasteiger charge is -2.10. The first-order valence-corrected chi connectivity index (χ1v) is 9.19. The molecule has 0 fully saturated rings. The number of rotatable bonds is 7. The molecular formula is C19H22IN3O2. The van der Waals surface area contributed by atoms with Crippen molar-refractivity contribution in [2.75, 3.05) is 22.5 Å². The summed E-state index contributed by atoms with van der Waals surface area (Å²) in [4.78, 5) is 23.7. The Balaban J connectivity index is 1.79. The number of benzene rings is 2. The van der Waals surface area contributed by atoms with E-state index >= 15 is 0 Å². The number of anilines is 3. The standard InChI is InChI=1S/C19H22IN3O2/c1-13(2)11-18(24)22-17-9-7-15(8-10-17)21-12-19(25)23-16-5-3-14(20)4-6-16/h3-10,13,21H,11-12H2,1-2H3,(H,22,24)(H,23,25). The van der Waals surface area contributed by atoms with Crippen LogP contribution in [-0.4, -0.2) is 18.4 Å². The number of nitrogens with one attached hydrogen (secondary N) is 3. The van der Waals surface area contributed by atoms with Crippen LogP contribution in [-0.2, 0) is 9.59 Å². The lowest BCUT2D eigenvalue weighted by Crippen LogP contribution is -2.21. The number of halogens is 1. The van der Waals surface area contributed by atoms with Crippen LogP contribution in [0.25, 0.3) is 0 Å². The van der Waals surface area contributed by atoms with Crippen molar-refractivity contribution in [2.24, 2.45) is 5.92 Å². The first kappa shape index (κ1) is 19.2. The quantitative estimate of drug-likeness (QED) is 0.549. The Morgan fingerprint density at radius 2 is 1.32 bits per heavy atom. The van der Waals surface area contributed by atoms with Gasteiger partial charge in [0.2, 0.25) is 11.8 Å². The van der Waals surface area contributed by atoms with Crippen molar-refractivity contribution in [3.05, 3.63) is 52.1 Å². The molecule has 2 amide bonds. The van der Waals surface area contributed by atoms with E-state index in [1.54, 1.807) is 0 Å². The Morgan fingerprint density at radius 3 is 1.88 bits per heavy atom. The molecule has 0 saturated carbocycles. The zero-order chi connectivity index (χ0) is 18.2. The molecule has 0 radical (unpaired) electrons. The van der Waals surface area contributed by atoms with E-state index in [0.717, 1.165) is 20.6 Å². The van der Waals surface area contributed by atoms with E-state index in [9.17, 15) is 9.59 Å². The summed E-state index contributed by atoms with van der Waals surface area (Å²) in [7, 11) is 0. The van der Waals surface area contributed by atoms with Crippen LogP contribution in [0, 0.1) is 9.49 Å². The Bertz CT molecular complexity index is 712. The van der Waals surface area contributed by atoms with E-state index in [1.807, 2.05) is 62.4 Å². The van der Waals surface area contributed by atoms with Crippen molar-refractivity contribution in [1.82, 2.24) is 0 Å². The summed E-state index contributed by atoms with van der Waals surface area (Å²) in [5.41, 5.74) is 2.34. The van der Waals surface area contributed by atoms with Gasteiger partial charge in [-0.15, -0.1) is 0 Å². The van der Waals surface area contributed by atoms with Crippen molar-refractivity contribution < 1.29 is 9.59 Å². The molecule has 2 aromatic rings. The maximum absolute atomic E-state index is 12.0. The molecule has 2 rings (SSSR count). The van der Waals surface area contributed by atoms with Crippen LogP contribution in [0.2, 0.25) is 0 Å². The smallest absolute Gasteiger partial charge is 0.243 e. The van der Waals surface area contributed by atoms with Crippen molar-refractivity contribution in [3.63, 3.8) is 0 Å². The molecule has 2 aromatic carbocycles. The molecule has 5 nitrogen and oxygen atoms in total. The highest BCUT2D eigenvalue weighted by molar-refractivity contribution is 14.1. The van der Waals surface area contributed by atoms with Gasteiger partial charge in [-0.05, 0) is 77.0 Å². The molecule has 0 saturated heterocycles. The number of hydrogen-bond donors (Lipinski definition) is 3. The Kier molecular flexibility index (Phi) is 7.24. The molecule has 0 bridgehead atoms. The van der Waals surface area contributed by atoms with Crippen LogP contribution >= 0.6 is 22.6 Å². The van der Waals surface area contributed by atoms with Gasteiger partial charge in [0, 0.05) is 27.1 Å². The topological polar surface area (TPSA) is 70.2 Å². The fourth-order valence-electron chi connectivity index (χ4n) is 2.17. The first-order chi connectivity index (χ1) is 11.9. The third-order valence-electron chi connectivity index (χ3n) is 3.34. The average Bonchev–Trinajstić information content (AvgIpc) is 2.55. The third kappa shape index (κ3) is 7.13. The minimum absolute atomic E-state index is 0.00705. The summed E-state index contributed by atoms with van der Waals surface area (Å²) < 4.78 is 1.12. The zero-order valence-electron chi connectivity index (χ0n) is 14.3. The second kappa shape index (κ2) is 9.41. The molecule has 0 aliphatic rings. The molecule has 132 valence electrons. The highest BCUT2D eigenvalue weighted by Gasteiger charge is 2.06. The van der Waals surface area contributed by atoms with E-state index in [4.69, 9.17) is 0 Å². The molecule has 3 N–H and O–H groups in total. The number of hydrogen-bond acceptors (Lipinski definition) is 3. The summed E-state index contributed by atoms with van der Waals surface area (Å²) >= 11 is 2.22. The van der Waals surface area contributed by atoms with Crippen LogP contribution in [0.15, 0.2) is 48.5 Å². The number of carbonyl (C=O) groups excluding carboxylic acids is 2. The fourth-order valence-corrected chi connectivity index (χ4v) is 2.53. The SMILES string of the molecule is CC(C)CC(=O)Nc1ccc(NCC(=O)Nc2ccc(I)cc2)cc1. The summed E-state index contributed by atoms with van der Waals surface area (Å²) in [6, 6.07) is 14.9. The van der Waals surface area contributed by atoms with Gasteiger partial charge in [-0.25, -0.2) is 0 Å². The van der Waals surface area contributed by atoms with E-state index < -0.39 is 0 Å². The normalized spacial score (nSPS) is 10.4. The summed E-state index contributed by atoms with van der Waals surface area (Å²) in [6.07, 6.45) is 0.499. The van der Waals surface area contributed by atoms with Crippen LogP contribution in [0.4, 0.5) is 17.1 Å². The molecule has 0 heterocycles. The minimum Gasteiger partial charge on any atom is -0.376 e. The second-order valence-corrected chi connectivity index (χ2v) is 7.38. The maximum Gasteiger partial charge on any atom is 0.243 e. The number of carbonyl (C=O) groups is 2. The Hall–Kier alpha value is -2.09. The zero-order valence-corrected chi connectivity index (χ0v) is 16.5. The largest absolute Gasteiger partial charge is 0.376 e. The summed E-state index contributed by atoms with van der Waals surface area (Å²) in [6.45, 7) is 4.19. The van der Waals surface area contributed by atoms with Crippen molar-refractivity contribution in [2.45, 2.75) is 20.3 Å². The lowest BCUT2D eigenvalue weighted by atomic mass is 10.1. The maximum atomic E-state index is 12.0. The molecule has 0 atom stereocenters. The van der Waals surface area contributed by atoms with E-state index in [-0.39, 0.29) is 18.4 Å². The van der Waals surface area contributed by atoms with Gasteiger partial charge in [0.25, 0.3) is 0 Å². The average molecular weight is 451 g/mol. The summed E-state index contributed by atoms with van der Waals surface area (Å²) in [5.74, 6) is 0.218. The summed E-state index contributed by atoms with van der Waals surface area (Å²) in [5, 5.41) is 8.75. The molecule has 0 unspecified atom stereocenters. The predicted molar refractivity (Wildman–Crippen MR) is 111 cm³/mol. The highest BCUT2D eigenvalue weighted by atomic mass is 127. The molecular weight excluding hydrogens is 429 g/mol. The van der Waals surface area contributed by atoms with Crippen molar-refractivity contribution in [1.29, 1.82) is 0 Å². The monoisotopic (exact) mass is 451 g/mol.